The zero-order valence-electron chi connectivity index (χ0n) is 16.8. The molecule has 9 heteroatoms. The standard InChI is InChI=1S/C20H25N3O5S/c1-13-12-29-20(21-13)22-18(24)11-23(10-15-5-4-6-28-15)19(25)14-7-16(26-2)9-17(8-14)27-3/h7-9,12,15H,4-6,10-11H2,1-3H3,(H,21,22,24). The van der Waals surface area contributed by atoms with Crippen molar-refractivity contribution in [3.8, 4) is 11.5 Å². The van der Waals surface area contributed by atoms with E-state index in [9.17, 15) is 9.59 Å². The normalized spacial score (nSPS) is 15.8. The maximum Gasteiger partial charge on any atom is 0.254 e. The summed E-state index contributed by atoms with van der Waals surface area (Å²) >= 11 is 1.35. The van der Waals surface area contributed by atoms with Crippen molar-refractivity contribution in [1.82, 2.24) is 9.88 Å². The number of methoxy groups -OCH3 is 2. The SMILES string of the molecule is COc1cc(OC)cc(C(=O)N(CC(=O)Nc2nc(C)cs2)CC2CCCO2)c1. The molecule has 1 fully saturated rings. The summed E-state index contributed by atoms with van der Waals surface area (Å²) in [7, 11) is 3.05. The minimum Gasteiger partial charge on any atom is -0.497 e. The van der Waals surface area contributed by atoms with E-state index < -0.39 is 0 Å². The van der Waals surface area contributed by atoms with Crippen LogP contribution in [0, 0.1) is 6.92 Å². The highest BCUT2D eigenvalue weighted by molar-refractivity contribution is 7.13. The molecule has 1 aromatic heterocycles. The molecule has 2 aromatic rings. The zero-order valence-corrected chi connectivity index (χ0v) is 17.6. The monoisotopic (exact) mass is 419 g/mol. The smallest absolute Gasteiger partial charge is 0.254 e. The number of rotatable bonds is 8. The third kappa shape index (κ3) is 5.68. The van der Waals surface area contributed by atoms with Gasteiger partial charge in [-0.25, -0.2) is 4.98 Å². The van der Waals surface area contributed by atoms with Crippen LogP contribution in [-0.4, -0.2) is 61.7 Å². The number of hydrogen-bond donors (Lipinski definition) is 1. The number of anilines is 1. The summed E-state index contributed by atoms with van der Waals surface area (Å²) in [5, 5.41) is 5.12. The Morgan fingerprint density at radius 2 is 2.00 bits per heavy atom. The number of nitrogens with one attached hydrogen (secondary N) is 1. The van der Waals surface area contributed by atoms with Crippen molar-refractivity contribution in [2.45, 2.75) is 25.9 Å². The molecule has 1 aliphatic rings. The van der Waals surface area contributed by atoms with Crippen LogP contribution in [0.2, 0.25) is 0 Å². The Bertz CT molecular complexity index is 841. The second-order valence-electron chi connectivity index (χ2n) is 6.76. The summed E-state index contributed by atoms with van der Waals surface area (Å²) in [5.41, 5.74) is 1.22. The first-order valence-corrected chi connectivity index (χ1v) is 10.2. The van der Waals surface area contributed by atoms with Gasteiger partial charge in [0.25, 0.3) is 5.91 Å². The Morgan fingerprint density at radius 3 is 2.55 bits per heavy atom. The molecule has 3 rings (SSSR count). The van der Waals surface area contributed by atoms with E-state index in [0.29, 0.717) is 35.3 Å². The number of nitrogens with zero attached hydrogens (tertiary/aromatic N) is 2. The fourth-order valence-electron chi connectivity index (χ4n) is 3.11. The lowest BCUT2D eigenvalue weighted by Gasteiger charge is -2.25. The van der Waals surface area contributed by atoms with E-state index in [1.54, 1.807) is 18.2 Å². The van der Waals surface area contributed by atoms with Gasteiger partial charge in [0.15, 0.2) is 5.13 Å². The first-order chi connectivity index (χ1) is 14.0. The zero-order chi connectivity index (χ0) is 20.8. The van der Waals surface area contributed by atoms with Gasteiger partial charge in [0.2, 0.25) is 5.91 Å². The van der Waals surface area contributed by atoms with E-state index in [1.807, 2.05) is 12.3 Å². The molecule has 1 aromatic carbocycles. The molecule has 1 unspecified atom stereocenters. The van der Waals surface area contributed by atoms with Crippen LogP contribution in [0.1, 0.15) is 28.9 Å². The molecule has 2 amide bonds. The maximum absolute atomic E-state index is 13.2. The number of thiazole rings is 1. The van der Waals surface area contributed by atoms with Crippen molar-refractivity contribution >= 4 is 28.3 Å². The van der Waals surface area contributed by atoms with Gasteiger partial charge in [0.1, 0.15) is 18.0 Å². The van der Waals surface area contributed by atoms with Crippen molar-refractivity contribution < 1.29 is 23.8 Å². The summed E-state index contributed by atoms with van der Waals surface area (Å²) in [6.07, 6.45) is 1.73. The molecule has 29 heavy (non-hydrogen) atoms. The number of carbonyl (C=O) groups excluding carboxylic acids is 2. The number of benzene rings is 1. The third-order valence-corrected chi connectivity index (χ3v) is 5.41. The number of ether oxygens (including phenoxy) is 3. The summed E-state index contributed by atoms with van der Waals surface area (Å²) in [4.78, 5) is 31.5. The van der Waals surface area contributed by atoms with Gasteiger partial charge in [-0.2, -0.15) is 0 Å². The summed E-state index contributed by atoms with van der Waals surface area (Å²) in [6.45, 7) is 2.76. The minimum absolute atomic E-state index is 0.0821. The van der Waals surface area contributed by atoms with Crippen LogP contribution in [0.5, 0.6) is 11.5 Å². The van der Waals surface area contributed by atoms with Gasteiger partial charge >= 0.3 is 0 Å². The number of carbonyl (C=O) groups is 2. The largest absolute Gasteiger partial charge is 0.497 e. The molecule has 0 saturated carbocycles. The van der Waals surface area contributed by atoms with E-state index in [4.69, 9.17) is 14.2 Å². The van der Waals surface area contributed by atoms with Crippen LogP contribution >= 0.6 is 11.3 Å². The second-order valence-corrected chi connectivity index (χ2v) is 7.62. The molecule has 1 atom stereocenters. The third-order valence-electron chi connectivity index (χ3n) is 4.53. The first kappa shape index (κ1) is 21.1. The minimum atomic E-state index is -0.305. The van der Waals surface area contributed by atoms with Crippen molar-refractivity contribution in [2.75, 3.05) is 39.2 Å². The highest BCUT2D eigenvalue weighted by Gasteiger charge is 2.26. The number of amides is 2. The molecule has 1 saturated heterocycles. The molecule has 0 aliphatic carbocycles. The lowest BCUT2D eigenvalue weighted by Crippen LogP contribution is -2.42. The predicted octanol–water partition coefficient (Wildman–Crippen LogP) is 2.73. The van der Waals surface area contributed by atoms with Gasteiger partial charge in [-0.05, 0) is 31.9 Å². The van der Waals surface area contributed by atoms with Crippen LogP contribution < -0.4 is 14.8 Å². The van der Waals surface area contributed by atoms with Crippen molar-refractivity contribution in [3.05, 3.63) is 34.8 Å². The fourth-order valence-corrected chi connectivity index (χ4v) is 3.81. The van der Waals surface area contributed by atoms with Gasteiger partial charge in [-0.1, -0.05) is 0 Å². The molecule has 0 radical (unpaired) electrons. The van der Waals surface area contributed by atoms with Gasteiger partial charge in [-0.3, -0.25) is 9.59 Å². The van der Waals surface area contributed by atoms with E-state index in [1.165, 1.54) is 30.5 Å². The Labute approximate surface area is 173 Å². The Morgan fingerprint density at radius 1 is 1.28 bits per heavy atom. The van der Waals surface area contributed by atoms with E-state index in [-0.39, 0.29) is 24.5 Å². The molecule has 0 spiro atoms. The first-order valence-electron chi connectivity index (χ1n) is 9.34. The molecule has 2 heterocycles. The van der Waals surface area contributed by atoms with Crippen LogP contribution in [0.15, 0.2) is 23.6 Å². The lowest BCUT2D eigenvalue weighted by atomic mass is 10.1. The van der Waals surface area contributed by atoms with E-state index >= 15 is 0 Å². The van der Waals surface area contributed by atoms with Crippen molar-refractivity contribution in [2.24, 2.45) is 0 Å². The summed E-state index contributed by atoms with van der Waals surface area (Å²) in [5.74, 6) is 0.420. The number of aryl methyl sites for hydroxylation is 1. The molecule has 0 bridgehead atoms. The van der Waals surface area contributed by atoms with Crippen molar-refractivity contribution in [3.63, 3.8) is 0 Å². The fraction of sp³-hybridized carbons (Fsp3) is 0.450. The highest BCUT2D eigenvalue weighted by atomic mass is 32.1. The molecule has 8 nitrogen and oxygen atoms in total. The summed E-state index contributed by atoms with van der Waals surface area (Å²) < 4.78 is 16.2. The van der Waals surface area contributed by atoms with Gasteiger partial charge in [0, 0.05) is 30.2 Å². The second kappa shape index (κ2) is 9.71. The Hall–Kier alpha value is -2.65. The maximum atomic E-state index is 13.2. The highest BCUT2D eigenvalue weighted by Crippen LogP contribution is 2.24. The average molecular weight is 420 g/mol. The van der Waals surface area contributed by atoms with Crippen LogP contribution in [0.4, 0.5) is 5.13 Å². The number of aromatic nitrogens is 1. The molecule has 1 aliphatic heterocycles. The lowest BCUT2D eigenvalue weighted by molar-refractivity contribution is -0.117. The predicted molar refractivity (Wildman–Crippen MR) is 110 cm³/mol. The van der Waals surface area contributed by atoms with E-state index in [2.05, 4.69) is 10.3 Å². The molecule has 1 N–H and O–H groups in total. The molecule has 156 valence electrons. The quantitative estimate of drug-likeness (QED) is 0.708. The molecular weight excluding hydrogens is 394 g/mol. The Kier molecular flexibility index (Phi) is 7.05. The van der Waals surface area contributed by atoms with Gasteiger partial charge < -0.3 is 24.4 Å². The van der Waals surface area contributed by atoms with Gasteiger partial charge in [0.05, 0.1) is 26.0 Å². The average Bonchev–Trinajstić information content (AvgIpc) is 3.38. The van der Waals surface area contributed by atoms with E-state index in [0.717, 1.165) is 18.5 Å². The van der Waals surface area contributed by atoms with Crippen LogP contribution in [-0.2, 0) is 9.53 Å². The molecular formula is C20H25N3O5S. The summed E-state index contributed by atoms with van der Waals surface area (Å²) in [6, 6.07) is 4.96. The number of hydrogen-bond acceptors (Lipinski definition) is 7. The van der Waals surface area contributed by atoms with Crippen molar-refractivity contribution in [1.29, 1.82) is 0 Å². The van der Waals surface area contributed by atoms with Crippen LogP contribution in [0.3, 0.4) is 0 Å². The van der Waals surface area contributed by atoms with Gasteiger partial charge in [-0.15, -0.1) is 11.3 Å². The Balaban J connectivity index is 1.78. The topological polar surface area (TPSA) is 90.0 Å². The van der Waals surface area contributed by atoms with Crippen LogP contribution in [0.25, 0.3) is 0 Å².